The molecule has 1 aromatic rings. The van der Waals surface area contributed by atoms with Crippen molar-refractivity contribution in [2.75, 3.05) is 30.8 Å². The standard InChI is InChI=1S/C15H22N2O6S/c1-2-23-8-9-24(21,22)16-11-14(18)17-13-5-3-4-12(10-13)6-7-15(19)20/h3-5,10,16H,2,6-9,11H2,1H3,(H,17,18)(H,19,20). The molecule has 0 heterocycles. The molecule has 8 nitrogen and oxygen atoms in total. The first-order valence-corrected chi connectivity index (χ1v) is 9.13. The molecule has 0 radical (unpaired) electrons. The van der Waals surface area contributed by atoms with Crippen LogP contribution in [0.25, 0.3) is 0 Å². The quantitative estimate of drug-likeness (QED) is 0.498. The van der Waals surface area contributed by atoms with Crippen LogP contribution in [-0.4, -0.2) is 50.9 Å². The fourth-order valence-corrected chi connectivity index (χ4v) is 2.65. The molecule has 0 aliphatic rings. The van der Waals surface area contributed by atoms with Gasteiger partial charge in [-0.15, -0.1) is 0 Å². The largest absolute Gasteiger partial charge is 0.481 e. The van der Waals surface area contributed by atoms with Gasteiger partial charge in [0.15, 0.2) is 0 Å². The Bertz CT molecular complexity index is 660. The van der Waals surface area contributed by atoms with Gasteiger partial charge in [0.1, 0.15) is 0 Å². The van der Waals surface area contributed by atoms with Crippen molar-refractivity contribution >= 4 is 27.6 Å². The summed E-state index contributed by atoms with van der Waals surface area (Å²) in [5.74, 6) is -1.62. The zero-order chi connectivity index (χ0) is 18.0. The van der Waals surface area contributed by atoms with Gasteiger partial charge in [0.05, 0.1) is 18.9 Å². The molecule has 1 rings (SSSR count). The Hall–Kier alpha value is -1.97. The Morgan fingerprint density at radius 3 is 2.71 bits per heavy atom. The van der Waals surface area contributed by atoms with Crippen LogP contribution in [0.15, 0.2) is 24.3 Å². The number of carboxylic acid groups (broad SMARTS) is 1. The fraction of sp³-hybridized carbons (Fsp3) is 0.467. The summed E-state index contributed by atoms with van der Waals surface area (Å²) in [7, 11) is -3.57. The zero-order valence-corrected chi connectivity index (χ0v) is 14.3. The minimum absolute atomic E-state index is 0.00295. The molecular weight excluding hydrogens is 336 g/mol. The number of hydrogen-bond donors (Lipinski definition) is 3. The van der Waals surface area contributed by atoms with Crippen molar-refractivity contribution in [3.63, 3.8) is 0 Å². The highest BCUT2D eigenvalue weighted by atomic mass is 32.2. The first-order valence-electron chi connectivity index (χ1n) is 7.48. The highest BCUT2D eigenvalue weighted by molar-refractivity contribution is 7.89. The van der Waals surface area contributed by atoms with Gasteiger partial charge < -0.3 is 15.2 Å². The van der Waals surface area contributed by atoms with Crippen LogP contribution in [0.5, 0.6) is 0 Å². The Morgan fingerprint density at radius 2 is 2.04 bits per heavy atom. The van der Waals surface area contributed by atoms with E-state index in [2.05, 4.69) is 10.0 Å². The maximum absolute atomic E-state index is 11.8. The van der Waals surface area contributed by atoms with Gasteiger partial charge >= 0.3 is 5.97 Å². The van der Waals surface area contributed by atoms with Crippen molar-refractivity contribution in [2.45, 2.75) is 19.8 Å². The number of anilines is 1. The average Bonchev–Trinajstić information content (AvgIpc) is 2.52. The molecule has 0 unspecified atom stereocenters. The number of aryl methyl sites for hydroxylation is 1. The van der Waals surface area contributed by atoms with Crippen molar-refractivity contribution in [2.24, 2.45) is 0 Å². The van der Waals surface area contributed by atoms with E-state index in [1.807, 2.05) is 0 Å². The van der Waals surface area contributed by atoms with Crippen LogP contribution in [-0.2, 0) is 30.8 Å². The second-order valence-corrected chi connectivity index (χ2v) is 6.91. The summed E-state index contributed by atoms with van der Waals surface area (Å²) in [6, 6.07) is 6.75. The Morgan fingerprint density at radius 1 is 1.29 bits per heavy atom. The Labute approximate surface area is 141 Å². The molecule has 0 aromatic heterocycles. The molecule has 0 saturated carbocycles. The lowest BCUT2D eigenvalue weighted by molar-refractivity contribution is -0.137. The normalized spacial score (nSPS) is 11.2. The number of carbonyl (C=O) groups excluding carboxylic acids is 1. The van der Waals surface area contributed by atoms with Gasteiger partial charge in [-0.25, -0.2) is 13.1 Å². The smallest absolute Gasteiger partial charge is 0.303 e. The average molecular weight is 358 g/mol. The van der Waals surface area contributed by atoms with Gasteiger partial charge in [-0.3, -0.25) is 9.59 Å². The SMILES string of the molecule is CCOCCS(=O)(=O)NCC(=O)Nc1cccc(CCC(=O)O)c1. The van der Waals surface area contributed by atoms with E-state index < -0.39 is 21.9 Å². The van der Waals surface area contributed by atoms with Crippen LogP contribution in [0.3, 0.4) is 0 Å². The maximum atomic E-state index is 11.8. The van der Waals surface area contributed by atoms with E-state index in [1.165, 1.54) is 0 Å². The summed E-state index contributed by atoms with van der Waals surface area (Å²) in [6.07, 6.45) is 0.347. The number of nitrogens with one attached hydrogen (secondary N) is 2. The molecule has 1 amide bonds. The van der Waals surface area contributed by atoms with Gasteiger partial charge in [-0.2, -0.15) is 0 Å². The third kappa shape index (κ3) is 8.61. The molecule has 0 bridgehead atoms. The number of carboxylic acids is 1. The van der Waals surface area contributed by atoms with E-state index in [0.29, 0.717) is 18.7 Å². The van der Waals surface area contributed by atoms with Crippen LogP contribution in [0.2, 0.25) is 0 Å². The third-order valence-corrected chi connectivity index (χ3v) is 4.28. The highest BCUT2D eigenvalue weighted by Gasteiger charge is 2.12. The van der Waals surface area contributed by atoms with Gasteiger partial charge in [0, 0.05) is 18.7 Å². The van der Waals surface area contributed by atoms with E-state index in [0.717, 1.165) is 5.56 Å². The fourth-order valence-electron chi connectivity index (χ4n) is 1.82. The predicted molar refractivity (Wildman–Crippen MR) is 89.3 cm³/mol. The molecule has 134 valence electrons. The number of ether oxygens (including phenoxy) is 1. The van der Waals surface area contributed by atoms with E-state index in [9.17, 15) is 18.0 Å². The Kier molecular flexibility index (Phi) is 8.37. The number of benzene rings is 1. The second kappa shape index (κ2) is 10.0. The maximum Gasteiger partial charge on any atom is 0.303 e. The van der Waals surface area contributed by atoms with Gasteiger partial charge in [0.25, 0.3) is 0 Å². The van der Waals surface area contributed by atoms with Crippen LogP contribution in [0.4, 0.5) is 5.69 Å². The minimum Gasteiger partial charge on any atom is -0.481 e. The topological polar surface area (TPSA) is 122 Å². The first kappa shape index (κ1) is 20.1. The number of aliphatic carboxylic acids is 1. The second-order valence-electron chi connectivity index (χ2n) is 4.98. The van der Waals surface area contributed by atoms with Gasteiger partial charge in [0.2, 0.25) is 15.9 Å². The molecule has 0 fully saturated rings. The highest BCUT2D eigenvalue weighted by Crippen LogP contribution is 2.12. The van der Waals surface area contributed by atoms with Gasteiger partial charge in [-0.1, -0.05) is 12.1 Å². The molecule has 0 aliphatic heterocycles. The predicted octanol–water partition coefficient (Wildman–Crippen LogP) is 0.598. The van der Waals surface area contributed by atoms with Crippen LogP contribution in [0.1, 0.15) is 18.9 Å². The van der Waals surface area contributed by atoms with E-state index in [-0.39, 0.29) is 25.3 Å². The molecule has 1 aromatic carbocycles. The lowest BCUT2D eigenvalue weighted by Gasteiger charge is -2.09. The molecule has 24 heavy (non-hydrogen) atoms. The van der Waals surface area contributed by atoms with Gasteiger partial charge in [-0.05, 0) is 31.0 Å². The lowest BCUT2D eigenvalue weighted by Crippen LogP contribution is -2.35. The summed E-state index contributed by atoms with van der Waals surface area (Å²) in [6.45, 7) is 1.87. The van der Waals surface area contributed by atoms with E-state index in [1.54, 1.807) is 31.2 Å². The van der Waals surface area contributed by atoms with Crippen molar-refractivity contribution in [1.29, 1.82) is 0 Å². The third-order valence-electron chi connectivity index (χ3n) is 2.99. The number of rotatable bonds is 11. The molecule has 0 atom stereocenters. The Balaban J connectivity index is 2.47. The summed E-state index contributed by atoms with van der Waals surface area (Å²) in [4.78, 5) is 22.4. The zero-order valence-electron chi connectivity index (χ0n) is 13.4. The molecule has 9 heteroatoms. The number of hydrogen-bond acceptors (Lipinski definition) is 5. The minimum atomic E-state index is -3.57. The summed E-state index contributed by atoms with van der Waals surface area (Å²) in [5.41, 5.74) is 1.25. The van der Waals surface area contributed by atoms with Crippen molar-refractivity contribution in [3.05, 3.63) is 29.8 Å². The monoisotopic (exact) mass is 358 g/mol. The van der Waals surface area contributed by atoms with E-state index >= 15 is 0 Å². The van der Waals surface area contributed by atoms with E-state index in [4.69, 9.17) is 9.84 Å². The van der Waals surface area contributed by atoms with Crippen molar-refractivity contribution in [1.82, 2.24) is 4.72 Å². The molecule has 0 saturated heterocycles. The molecule has 3 N–H and O–H groups in total. The van der Waals surface area contributed by atoms with Crippen LogP contribution in [0, 0.1) is 0 Å². The molecule has 0 aliphatic carbocycles. The van der Waals surface area contributed by atoms with Crippen molar-refractivity contribution < 1.29 is 27.9 Å². The first-order chi connectivity index (χ1) is 11.3. The lowest BCUT2D eigenvalue weighted by atomic mass is 10.1. The summed E-state index contributed by atoms with van der Waals surface area (Å²) >= 11 is 0. The number of carbonyl (C=O) groups is 2. The summed E-state index contributed by atoms with van der Waals surface area (Å²) < 4.78 is 30.4. The van der Waals surface area contributed by atoms with Crippen LogP contribution < -0.4 is 10.0 Å². The number of amides is 1. The van der Waals surface area contributed by atoms with Crippen molar-refractivity contribution in [3.8, 4) is 0 Å². The number of sulfonamides is 1. The molecule has 0 spiro atoms. The summed E-state index contributed by atoms with van der Waals surface area (Å²) in [5, 5.41) is 11.2. The molecular formula is C15H22N2O6S. The van der Waals surface area contributed by atoms with Crippen LogP contribution >= 0.6 is 0 Å².